The molecule has 0 aliphatic heterocycles. The fourth-order valence-corrected chi connectivity index (χ4v) is 1.02. The zero-order valence-corrected chi connectivity index (χ0v) is 7.66. The molecule has 1 aromatic rings. The van der Waals surface area contributed by atoms with E-state index in [1.165, 1.54) is 12.1 Å². The van der Waals surface area contributed by atoms with Crippen molar-refractivity contribution in [1.29, 1.82) is 10.5 Å². The maximum Gasteiger partial charge on any atom is 0.146 e. The fraction of sp³-hybridized carbons (Fsp3) is 0. The Kier molecular flexibility index (Phi) is 3.23. The molecule has 0 aromatic heterocycles. The topological polar surface area (TPSA) is 47.6 Å². The Balaban J connectivity index is 3.32. The first-order chi connectivity index (χ1) is 7.22. The van der Waals surface area contributed by atoms with Gasteiger partial charge < -0.3 is 0 Å². The number of nitriles is 2. The molecule has 3 heteroatoms. The second-order valence-corrected chi connectivity index (χ2v) is 2.63. The number of hydrogen-bond donors (Lipinski definition) is 0. The average molecular weight is 196 g/mol. The summed E-state index contributed by atoms with van der Waals surface area (Å²) in [6.45, 7) is 0. The minimum Gasteiger partial charge on any atom is -0.205 e. The van der Waals surface area contributed by atoms with Crippen molar-refractivity contribution in [2.75, 3.05) is 0 Å². The van der Waals surface area contributed by atoms with Gasteiger partial charge in [-0.15, -0.1) is 6.42 Å². The average Bonchev–Trinajstić information content (AvgIpc) is 2.28. The van der Waals surface area contributed by atoms with Crippen molar-refractivity contribution in [3.05, 3.63) is 40.7 Å². The van der Waals surface area contributed by atoms with Crippen molar-refractivity contribution in [2.24, 2.45) is 0 Å². The lowest BCUT2D eigenvalue weighted by atomic mass is 10.1. The van der Waals surface area contributed by atoms with Gasteiger partial charge >= 0.3 is 0 Å². The van der Waals surface area contributed by atoms with Crippen LogP contribution in [0.15, 0.2) is 23.8 Å². The summed E-state index contributed by atoms with van der Waals surface area (Å²) in [6.07, 6.45) is 6.24. The van der Waals surface area contributed by atoms with Crippen LogP contribution in [0.4, 0.5) is 4.39 Å². The van der Waals surface area contributed by atoms with Crippen LogP contribution in [0.3, 0.4) is 0 Å². The van der Waals surface area contributed by atoms with Gasteiger partial charge in [-0.3, -0.25) is 0 Å². The van der Waals surface area contributed by atoms with E-state index in [2.05, 4.69) is 5.92 Å². The van der Waals surface area contributed by atoms with E-state index in [1.54, 1.807) is 18.2 Å². The summed E-state index contributed by atoms with van der Waals surface area (Å²) in [6, 6.07) is 7.76. The summed E-state index contributed by atoms with van der Waals surface area (Å²) >= 11 is 0. The van der Waals surface area contributed by atoms with Gasteiger partial charge in [0.25, 0.3) is 0 Å². The molecule has 0 aliphatic carbocycles. The van der Waals surface area contributed by atoms with Crippen LogP contribution < -0.4 is 0 Å². The normalized spacial score (nSPS) is 8.13. The molecule has 0 aliphatic rings. The fourth-order valence-electron chi connectivity index (χ4n) is 1.02. The van der Waals surface area contributed by atoms with Crippen molar-refractivity contribution in [3.63, 3.8) is 0 Å². The molecular weight excluding hydrogens is 191 g/mol. The maximum absolute atomic E-state index is 13.5. The van der Waals surface area contributed by atoms with Gasteiger partial charge in [-0.05, 0) is 12.1 Å². The van der Waals surface area contributed by atoms with Crippen molar-refractivity contribution in [3.8, 4) is 24.5 Å². The predicted octanol–water partition coefficient (Wildman–Crippen LogP) is 2.24. The van der Waals surface area contributed by atoms with E-state index in [0.717, 1.165) is 6.08 Å². The van der Waals surface area contributed by atoms with E-state index >= 15 is 0 Å². The molecule has 0 saturated heterocycles. The molecule has 0 N–H and O–H groups in total. The highest BCUT2D eigenvalue weighted by molar-refractivity contribution is 5.63. The molecule has 1 aromatic carbocycles. The standard InChI is InChI=1S/C12H5FN2/c1-2-10-4-3-5-11(12(10)13)6-9(7-14)8-15/h1,3-6H. The van der Waals surface area contributed by atoms with Gasteiger partial charge in [0.05, 0.1) is 5.56 Å². The zero-order valence-electron chi connectivity index (χ0n) is 7.66. The highest BCUT2D eigenvalue weighted by atomic mass is 19.1. The molecule has 0 spiro atoms. The molecular formula is C12H5FN2. The van der Waals surface area contributed by atoms with Gasteiger partial charge in [0.1, 0.15) is 23.5 Å². The lowest BCUT2D eigenvalue weighted by molar-refractivity contribution is 0.621. The van der Waals surface area contributed by atoms with E-state index in [0.29, 0.717) is 0 Å². The Bertz CT molecular complexity index is 520. The molecule has 0 unspecified atom stereocenters. The van der Waals surface area contributed by atoms with E-state index in [9.17, 15) is 4.39 Å². The number of rotatable bonds is 1. The van der Waals surface area contributed by atoms with Crippen LogP contribution in [0.5, 0.6) is 0 Å². The first kappa shape index (κ1) is 10.5. The zero-order chi connectivity index (χ0) is 11.3. The predicted molar refractivity (Wildman–Crippen MR) is 53.5 cm³/mol. The summed E-state index contributed by atoms with van der Waals surface area (Å²) in [5.41, 5.74) is 0.0885. The number of terminal acetylenes is 1. The van der Waals surface area contributed by atoms with E-state index < -0.39 is 5.82 Å². The van der Waals surface area contributed by atoms with E-state index in [1.807, 2.05) is 0 Å². The Labute approximate surface area is 86.9 Å². The molecule has 0 atom stereocenters. The third kappa shape index (κ3) is 2.21. The molecule has 70 valence electrons. The highest BCUT2D eigenvalue weighted by Gasteiger charge is 2.04. The van der Waals surface area contributed by atoms with Gasteiger partial charge in [-0.25, -0.2) is 4.39 Å². The van der Waals surface area contributed by atoms with Crippen LogP contribution in [0.1, 0.15) is 11.1 Å². The number of benzene rings is 1. The Morgan fingerprint density at radius 3 is 2.53 bits per heavy atom. The smallest absolute Gasteiger partial charge is 0.146 e. The monoisotopic (exact) mass is 196 g/mol. The summed E-state index contributed by atoms with van der Waals surface area (Å²) in [4.78, 5) is 0. The second kappa shape index (κ2) is 4.61. The molecule has 0 fully saturated rings. The molecule has 1 rings (SSSR count). The SMILES string of the molecule is C#Cc1cccc(C=C(C#N)C#N)c1F. The van der Waals surface area contributed by atoms with Crippen LogP contribution >= 0.6 is 0 Å². The number of halogens is 1. The summed E-state index contributed by atoms with van der Waals surface area (Å²) in [5.74, 6) is 1.58. The third-order valence-electron chi connectivity index (χ3n) is 1.72. The van der Waals surface area contributed by atoms with Crippen LogP contribution in [0.2, 0.25) is 0 Å². The van der Waals surface area contributed by atoms with Crippen LogP contribution in [-0.4, -0.2) is 0 Å². The molecule has 0 amide bonds. The largest absolute Gasteiger partial charge is 0.205 e. The lowest BCUT2D eigenvalue weighted by Gasteiger charge is -1.98. The van der Waals surface area contributed by atoms with Crippen molar-refractivity contribution < 1.29 is 4.39 Å². The Hall–Kier alpha value is -2.57. The first-order valence-corrected chi connectivity index (χ1v) is 4.00. The Morgan fingerprint density at radius 2 is 2.00 bits per heavy atom. The molecule has 2 nitrogen and oxygen atoms in total. The van der Waals surface area contributed by atoms with Crippen molar-refractivity contribution in [1.82, 2.24) is 0 Å². The number of allylic oxidation sites excluding steroid dienone is 1. The van der Waals surface area contributed by atoms with Gasteiger partial charge in [0.2, 0.25) is 0 Å². The highest BCUT2D eigenvalue weighted by Crippen LogP contribution is 2.15. The summed E-state index contributed by atoms with van der Waals surface area (Å²) in [5, 5.41) is 17.0. The molecule has 0 heterocycles. The van der Waals surface area contributed by atoms with Crippen LogP contribution in [-0.2, 0) is 0 Å². The van der Waals surface area contributed by atoms with E-state index in [4.69, 9.17) is 16.9 Å². The third-order valence-corrected chi connectivity index (χ3v) is 1.72. The number of nitrogens with zero attached hydrogens (tertiary/aromatic N) is 2. The van der Waals surface area contributed by atoms with E-state index in [-0.39, 0.29) is 16.7 Å². The maximum atomic E-state index is 13.5. The van der Waals surface area contributed by atoms with Gasteiger partial charge in [0.15, 0.2) is 0 Å². The quantitative estimate of drug-likeness (QED) is 0.510. The summed E-state index contributed by atoms with van der Waals surface area (Å²) < 4.78 is 13.5. The minimum atomic E-state index is -0.594. The molecule has 0 saturated carbocycles. The van der Waals surface area contributed by atoms with Crippen LogP contribution in [0, 0.1) is 40.8 Å². The van der Waals surface area contributed by atoms with Crippen molar-refractivity contribution >= 4 is 6.08 Å². The summed E-state index contributed by atoms with van der Waals surface area (Å²) in [7, 11) is 0. The van der Waals surface area contributed by atoms with Crippen LogP contribution in [0.25, 0.3) is 6.08 Å². The molecule has 15 heavy (non-hydrogen) atoms. The molecule has 0 radical (unpaired) electrons. The second-order valence-electron chi connectivity index (χ2n) is 2.63. The minimum absolute atomic E-state index is 0.110. The Morgan fingerprint density at radius 1 is 1.33 bits per heavy atom. The number of hydrogen-bond acceptors (Lipinski definition) is 2. The van der Waals surface area contributed by atoms with Gasteiger partial charge in [-0.2, -0.15) is 10.5 Å². The lowest BCUT2D eigenvalue weighted by Crippen LogP contribution is -1.88. The van der Waals surface area contributed by atoms with Gasteiger partial charge in [-0.1, -0.05) is 18.1 Å². The van der Waals surface area contributed by atoms with Crippen molar-refractivity contribution in [2.45, 2.75) is 0 Å². The molecule has 0 bridgehead atoms. The van der Waals surface area contributed by atoms with Gasteiger partial charge in [0, 0.05) is 5.56 Å². The first-order valence-electron chi connectivity index (χ1n) is 4.00.